The molecule has 2 aromatic carbocycles. The average molecular weight is 309 g/mol. The monoisotopic (exact) mass is 309 g/mol. The normalized spacial score (nSPS) is 21.6. The van der Waals surface area contributed by atoms with Gasteiger partial charge in [-0.3, -0.25) is 4.79 Å². The van der Waals surface area contributed by atoms with Gasteiger partial charge in [-0.2, -0.15) is 0 Å². The SMILES string of the molecule is CSC1=CC(=O)[C@@H](C)[C@H](c2ccccc2)N1c1ccccc1. The first-order chi connectivity index (χ1) is 10.7. The van der Waals surface area contributed by atoms with E-state index in [1.165, 1.54) is 5.56 Å². The van der Waals surface area contributed by atoms with Crippen LogP contribution in [0, 0.1) is 5.92 Å². The Kier molecular flexibility index (Phi) is 4.34. The molecular formula is C19H19NOS. The van der Waals surface area contributed by atoms with Crippen LogP contribution in [0.3, 0.4) is 0 Å². The predicted octanol–water partition coefficient (Wildman–Crippen LogP) is 4.66. The van der Waals surface area contributed by atoms with Gasteiger partial charge in [0.25, 0.3) is 0 Å². The van der Waals surface area contributed by atoms with Gasteiger partial charge in [0.2, 0.25) is 0 Å². The number of carbonyl (C=O) groups excluding carboxylic acids is 1. The summed E-state index contributed by atoms with van der Waals surface area (Å²) in [5.74, 6) is 0.129. The number of nitrogens with zero attached hydrogens (tertiary/aromatic N) is 1. The van der Waals surface area contributed by atoms with E-state index < -0.39 is 0 Å². The maximum absolute atomic E-state index is 12.4. The summed E-state index contributed by atoms with van der Waals surface area (Å²) in [6.45, 7) is 2.02. The number of carbonyl (C=O) groups is 1. The summed E-state index contributed by atoms with van der Waals surface area (Å²) in [4.78, 5) is 14.7. The van der Waals surface area contributed by atoms with Crippen molar-refractivity contribution < 1.29 is 4.79 Å². The van der Waals surface area contributed by atoms with Crippen LogP contribution in [0.15, 0.2) is 71.8 Å². The number of anilines is 1. The van der Waals surface area contributed by atoms with Crippen molar-refractivity contribution in [1.82, 2.24) is 0 Å². The molecule has 22 heavy (non-hydrogen) atoms. The maximum Gasteiger partial charge on any atom is 0.163 e. The van der Waals surface area contributed by atoms with Crippen molar-refractivity contribution in [3.05, 3.63) is 77.3 Å². The Balaban J connectivity index is 2.14. The highest BCUT2D eigenvalue weighted by molar-refractivity contribution is 8.02. The fourth-order valence-electron chi connectivity index (χ4n) is 2.96. The zero-order valence-electron chi connectivity index (χ0n) is 12.8. The van der Waals surface area contributed by atoms with E-state index in [2.05, 4.69) is 29.2 Å². The van der Waals surface area contributed by atoms with Gasteiger partial charge in [0.05, 0.1) is 11.1 Å². The number of benzene rings is 2. The molecule has 2 nitrogen and oxygen atoms in total. The molecule has 1 heterocycles. The number of thioether (sulfide) groups is 1. The molecule has 1 aliphatic heterocycles. The van der Waals surface area contributed by atoms with Crippen molar-refractivity contribution in [2.24, 2.45) is 5.92 Å². The quantitative estimate of drug-likeness (QED) is 0.822. The van der Waals surface area contributed by atoms with Gasteiger partial charge >= 0.3 is 0 Å². The summed E-state index contributed by atoms with van der Waals surface area (Å²) < 4.78 is 0. The smallest absolute Gasteiger partial charge is 0.163 e. The lowest BCUT2D eigenvalue weighted by molar-refractivity contribution is -0.118. The van der Waals surface area contributed by atoms with Gasteiger partial charge in [-0.25, -0.2) is 0 Å². The van der Waals surface area contributed by atoms with E-state index in [0.29, 0.717) is 0 Å². The number of hydrogen-bond donors (Lipinski definition) is 0. The highest BCUT2D eigenvalue weighted by atomic mass is 32.2. The third kappa shape index (κ3) is 2.69. The highest BCUT2D eigenvalue weighted by Gasteiger charge is 2.36. The number of ketones is 1. The summed E-state index contributed by atoms with van der Waals surface area (Å²) >= 11 is 1.62. The van der Waals surface area contributed by atoms with Crippen molar-refractivity contribution in [3.8, 4) is 0 Å². The van der Waals surface area contributed by atoms with E-state index in [9.17, 15) is 4.79 Å². The molecule has 0 fully saturated rings. The van der Waals surface area contributed by atoms with Crippen molar-refractivity contribution in [1.29, 1.82) is 0 Å². The number of allylic oxidation sites excluding steroid dienone is 1. The van der Waals surface area contributed by atoms with Crippen LogP contribution >= 0.6 is 11.8 Å². The topological polar surface area (TPSA) is 20.3 Å². The Morgan fingerprint density at radius 2 is 1.55 bits per heavy atom. The van der Waals surface area contributed by atoms with Gasteiger partial charge in [-0.15, -0.1) is 11.8 Å². The number of para-hydroxylation sites is 1. The highest BCUT2D eigenvalue weighted by Crippen LogP contribution is 2.42. The molecule has 0 N–H and O–H groups in total. The van der Waals surface area contributed by atoms with Crippen LogP contribution in [-0.4, -0.2) is 12.0 Å². The third-order valence-electron chi connectivity index (χ3n) is 4.09. The molecule has 0 radical (unpaired) electrons. The summed E-state index contributed by atoms with van der Waals surface area (Å²) in [6.07, 6.45) is 3.80. The second-order valence-corrected chi connectivity index (χ2v) is 6.27. The Hall–Kier alpha value is -2.00. The predicted molar refractivity (Wildman–Crippen MR) is 93.9 cm³/mol. The molecule has 3 rings (SSSR count). The Morgan fingerprint density at radius 3 is 2.14 bits per heavy atom. The second kappa shape index (κ2) is 6.41. The number of hydrogen-bond acceptors (Lipinski definition) is 3. The Bertz CT molecular complexity index is 681. The molecule has 2 aromatic rings. The van der Waals surface area contributed by atoms with Crippen LogP contribution < -0.4 is 4.90 Å². The molecule has 2 atom stereocenters. The first kappa shape index (κ1) is 14.9. The summed E-state index contributed by atoms with van der Waals surface area (Å²) in [6, 6.07) is 20.6. The molecule has 0 aromatic heterocycles. The van der Waals surface area contributed by atoms with E-state index >= 15 is 0 Å². The van der Waals surface area contributed by atoms with Crippen molar-refractivity contribution in [2.45, 2.75) is 13.0 Å². The van der Waals surface area contributed by atoms with E-state index in [1.807, 2.05) is 49.6 Å². The molecule has 1 aliphatic rings. The van der Waals surface area contributed by atoms with Gasteiger partial charge in [0.1, 0.15) is 0 Å². The van der Waals surface area contributed by atoms with E-state index in [0.717, 1.165) is 10.7 Å². The molecule has 0 saturated heterocycles. The number of rotatable bonds is 3. The summed E-state index contributed by atoms with van der Waals surface area (Å²) in [5.41, 5.74) is 2.29. The van der Waals surface area contributed by atoms with Crippen LogP contribution in [0.4, 0.5) is 5.69 Å². The molecule has 0 unspecified atom stereocenters. The third-order valence-corrected chi connectivity index (χ3v) is 4.82. The second-order valence-electron chi connectivity index (χ2n) is 5.44. The molecule has 0 spiro atoms. The van der Waals surface area contributed by atoms with Crippen LogP contribution in [0.5, 0.6) is 0 Å². The van der Waals surface area contributed by atoms with Crippen LogP contribution in [-0.2, 0) is 4.79 Å². The molecule has 0 aliphatic carbocycles. The average Bonchev–Trinajstić information content (AvgIpc) is 2.58. The van der Waals surface area contributed by atoms with Gasteiger partial charge in [0.15, 0.2) is 5.78 Å². The van der Waals surface area contributed by atoms with Crippen LogP contribution in [0.1, 0.15) is 18.5 Å². The minimum absolute atomic E-state index is 0.0311. The molecular weight excluding hydrogens is 290 g/mol. The minimum Gasteiger partial charge on any atom is -0.328 e. The zero-order valence-corrected chi connectivity index (χ0v) is 13.6. The van der Waals surface area contributed by atoms with E-state index in [-0.39, 0.29) is 17.7 Å². The largest absolute Gasteiger partial charge is 0.328 e. The minimum atomic E-state index is -0.0708. The lowest BCUT2D eigenvalue weighted by Gasteiger charge is -2.40. The van der Waals surface area contributed by atoms with Crippen molar-refractivity contribution >= 4 is 23.2 Å². The van der Waals surface area contributed by atoms with Crippen molar-refractivity contribution in [3.63, 3.8) is 0 Å². The van der Waals surface area contributed by atoms with Gasteiger partial charge in [-0.05, 0) is 24.0 Å². The standard InChI is InChI=1S/C19H19NOS/c1-14-17(21)13-18(22-2)20(16-11-7-4-8-12-16)19(14)15-9-5-3-6-10-15/h3-14,19H,1-2H3/t14-,19-/m1/s1. The van der Waals surface area contributed by atoms with Crippen LogP contribution in [0.25, 0.3) is 0 Å². The van der Waals surface area contributed by atoms with Gasteiger partial charge < -0.3 is 4.90 Å². The lowest BCUT2D eigenvalue weighted by atomic mass is 9.87. The molecule has 112 valence electrons. The lowest BCUT2D eigenvalue weighted by Crippen LogP contribution is -2.38. The molecule has 0 amide bonds. The fourth-order valence-corrected chi connectivity index (χ4v) is 3.61. The first-order valence-electron chi connectivity index (χ1n) is 7.41. The fraction of sp³-hybridized carbons (Fsp3) is 0.211. The summed E-state index contributed by atoms with van der Waals surface area (Å²) in [7, 11) is 0. The Morgan fingerprint density at radius 1 is 0.955 bits per heavy atom. The van der Waals surface area contributed by atoms with E-state index in [1.54, 1.807) is 17.8 Å². The molecule has 0 bridgehead atoms. The zero-order chi connectivity index (χ0) is 15.5. The summed E-state index contributed by atoms with van der Waals surface area (Å²) in [5, 5.41) is 1.00. The molecule has 3 heteroatoms. The van der Waals surface area contributed by atoms with Crippen molar-refractivity contribution in [2.75, 3.05) is 11.2 Å². The maximum atomic E-state index is 12.4. The Labute approximate surface area is 135 Å². The van der Waals surface area contributed by atoms with Gasteiger partial charge in [-0.1, -0.05) is 55.5 Å². The van der Waals surface area contributed by atoms with Crippen LogP contribution in [0.2, 0.25) is 0 Å². The first-order valence-corrected chi connectivity index (χ1v) is 8.63. The molecule has 0 saturated carbocycles. The van der Waals surface area contributed by atoms with E-state index in [4.69, 9.17) is 0 Å². The van der Waals surface area contributed by atoms with Gasteiger partial charge in [0, 0.05) is 17.7 Å².